The number of ether oxygens (including phenoxy) is 1. The summed E-state index contributed by atoms with van der Waals surface area (Å²) >= 11 is 0. The highest BCUT2D eigenvalue weighted by atomic mass is 16.5. The molecule has 0 atom stereocenters. The van der Waals surface area contributed by atoms with Crippen LogP contribution in [0.2, 0.25) is 0 Å². The van der Waals surface area contributed by atoms with E-state index in [0.717, 1.165) is 4.90 Å². The quantitative estimate of drug-likeness (QED) is 0.644. The van der Waals surface area contributed by atoms with E-state index < -0.39 is 11.6 Å². The molecule has 1 heterocycles. The van der Waals surface area contributed by atoms with Crippen LogP contribution in [0.3, 0.4) is 0 Å². The Labute approximate surface area is 129 Å². The second-order valence-electron chi connectivity index (χ2n) is 5.26. The monoisotopic (exact) mass is 304 g/mol. The van der Waals surface area contributed by atoms with E-state index in [4.69, 9.17) is 4.74 Å². The van der Waals surface area contributed by atoms with Crippen LogP contribution in [0.4, 0.5) is 4.79 Å². The van der Waals surface area contributed by atoms with E-state index in [9.17, 15) is 14.4 Å². The molecule has 0 bridgehead atoms. The highest BCUT2D eigenvalue weighted by Gasteiger charge is 2.49. The molecule has 1 fully saturated rings. The van der Waals surface area contributed by atoms with Gasteiger partial charge in [-0.3, -0.25) is 14.5 Å². The normalized spacial score (nSPS) is 16.6. The summed E-state index contributed by atoms with van der Waals surface area (Å²) in [5, 5.41) is 2.71. The number of imide groups is 1. The molecule has 0 aliphatic carbocycles. The number of hydrogen-bond donors (Lipinski definition) is 1. The summed E-state index contributed by atoms with van der Waals surface area (Å²) in [7, 11) is 1.54. The van der Waals surface area contributed by atoms with Crippen LogP contribution in [0.25, 0.3) is 0 Å². The molecule has 0 saturated carbocycles. The van der Waals surface area contributed by atoms with Gasteiger partial charge in [-0.2, -0.15) is 0 Å². The number of amides is 3. The molecule has 1 aromatic carbocycles. The number of Topliss-reactive ketones (excluding diaryl/α,β-unsaturated/α-hetero) is 1. The molecule has 1 aliphatic rings. The molecule has 1 aromatic rings. The van der Waals surface area contributed by atoms with Crippen molar-refractivity contribution >= 4 is 17.7 Å². The molecule has 6 nitrogen and oxygen atoms in total. The Morgan fingerprint density at radius 1 is 1.18 bits per heavy atom. The van der Waals surface area contributed by atoms with E-state index in [0.29, 0.717) is 24.2 Å². The average molecular weight is 304 g/mol. The van der Waals surface area contributed by atoms with Crippen LogP contribution >= 0.6 is 0 Å². The number of benzene rings is 1. The van der Waals surface area contributed by atoms with Crippen LogP contribution < -0.4 is 10.1 Å². The first kappa shape index (κ1) is 16.0. The third-order valence-electron chi connectivity index (χ3n) is 4.17. The van der Waals surface area contributed by atoms with Gasteiger partial charge in [-0.1, -0.05) is 13.8 Å². The van der Waals surface area contributed by atoms with Gasteiger partial charge in [-0.15, -0.1) is 0 Å². The fraction of sp³-hybridized carbons (Fsp3) is 0.438. The van der Waals surface area contributed by atoms with Gasteiger partial charge in [0.15, 0.2) is 5.78 Å². The summed E-state index contributed by atoms with van der Waals surface area (Å²) in [4.78, 5) is 37.7. The Kier molecular flexibility index (Phi) is 4.49. The molecule has 118 valence electrons. The number of urea groups is 1. The van der Waals surface area contributed by atoms with Crippen molar-refractivity contribution in [1.82, 2.24) is 10.2 Å². The zero-order chi connectivity index (χ0) is 16.3. The lowest BCUT2D eigenvalue weighted by Gasteiger charge is -2.22. The van der Waals surface area contributed by atoms with E-state index in [2.05, 4.69) is 5.32 Å². The first-order chi connectivity index (χ1) is 10.5. The van der Waals surface area contributed by atoms with Crippen molar-refractivity contribution in [3.8, 4) is 5.75 Å². The van der Waals surface area contributed by atoms with Crippen LogP contribution in [0.15, 0.2) is 24.3 Å². The number of nitrogens with zero attached hydrogens (tertiary/aromatic N) is 1. The summed E-state index contributed by atoms with van der Waals surface area (Å²) in [6.07, 6.45) is 1.00. The van der Waals surface area contributed by atoms with Crippen molar-refractivity contribution in [2.75, 3.05) is 13.7 Å². The van der Waals surface area contributed by atoms with Gasteiger partial charge in [0, 0.05) is 5.56 Å². The zero-order valence-electron chi connectivity index (χ0n) is 13.0. The first-order valence-electron chi connectivity index (χ1n) is 7.28. The van der Waals surface area contributed by atoms with E-state index in [1.54, 1.807) is 31.4 Å². The fourth-order valence-corrected chi connectivity index (χ4v) is 2.56. The molecule has 1 saturated heterocycles. The Bertz CT molecular complexity index is 591. The first-order valence-corrected chi connectivity index (χ1v) is 7.28. The van der Waals surface area contributed by atoms with E-state index in [-0.39, 0.29) is 18.2 Å². The summed E-state index contributed by atoms with van der Waals surface area (Å²) in [6, 6.07) is 6.07. The maximum atomic E-state index is 12.4. The van der Waals surface area contributed by atoms with Crippen LogP contribution in [0, 0.1) is 0 Å². The molecule has 1 N–H and O–H groups in total. The average Bonchev–Trinajstić information content (AvgIpc) is 2.79. The molecule has 3 amide bonds. The zero-order valence-corrected chi connectivity index (χ0v) is 13.0. The minimum atomic E-state index is -0.878. The molecule has 0 spiro atoms. The summed E-state index contributed by atoms with van der Waals surface area (Å²) in [6.45, 7) is 3.44. The van der Waals surface area contributed by atoms with Crippen molar-refractivity contribution in [2.45, 2.75) is 32.2 Å². The number of nitrogens with one attached hydrogen (secondary N) is 1. The number of methoxy groups -OCH3 is 1. The van der Waals surface area contributed by atoms with Crippen molar-refractivity contribution in [2.24, 2.45) is 0 Å². The number of carbonyl (C=O) groups is 3. The molecule has 0 aromatic heterocycles. The lowest BCUT2D eigenvalue weighted by atomic mass is 9.93. The van der Waals surface area contributed by atoms with Gasteiger partial charge in [0.25, 0.3) is 5.91 Å². The van der Waals surface area contributed by atoms with Gasteiger partial charge in [-0.25, -0.2) is 4.79 Å². The molecule has 6 heteroatoms. The van der Waals surface area contributed by atoms with Crippen molar-refractivity contribution in [3.05, 3.63) is 29.8 Å². The molecule has 0 radical (unpaired) electrons. The summed E-state index contributed by atoms with van der Waals surface area (Å²) in [5.74, 6) is 0.0287. The number of rotatable bonds is 6. The van der Waals surface area contributed by atoms with Crippen LogP contribution in [-0.4, -0.2) is 41.8 Å². The molecule has 2 rings (SSSR count). The summed E-state index contributed by atoms with van der Waals surface area (Å²) in [5.41, 5.74) is -0.441. The lowest BCUT2D eigenvalue weighted by molar-refractivity contribution is -0.131. The minimum Gasteiger partial charge on any atom is -0.497 e. The molecular formula is C16H20N2O4. The second-order valence-corrected chi connectivity index (χ2v) is 5.26. The lowest BCUT2D eigenvalue weighted by Crippen LogP contribution is -2.46. The van der Waals surface area contributed by atoms with Gasteiger partial charge < -0.3 is 10.1 Å². The van der Waals surface area contributed by atoms with Gasteiger partial charge in [0.05, 0.1) is 13.7 Å². The fourth-order valence-electron chi connectivity index (χ4n) is 2.56. The Morgan fingerprint density at radius 2 is 1.77 bits per heavy atom. The highest BCUT2D eigenvalue weighted by molar-refractivity contribution is 6.11. The van der Waals surface area contributed by atoms with Gasteiger partial charge in [-0.05, 0) is 37.1 Å². The van der Waals surface area contributed by atoms with Crippen molar-refractivity contribution in [1.29, 1.82) is 0 Å². The van der Waals surface area contributed by atoms with Crippen molar-refractivity contribution < 1.29 is 19.1 Å². The molecule has 0 unspecified atom stereocenters. The number of ketones is 1. The summed E-state index contributed by atoms with van der Waals surface area (Å²) < 4.78 is 5.03. The third-order valence-corrected chi connectivity index (χ3v) is 4.17. The number of carbonyl (C=O) groups excluding carboxylic acids is 3. The Hall–Kier alpha value is -2.37. The molecule has 1 aliphatic heterocycles. The van der Waals surface area contributed by atoms with Gasteiger partial charge in [0.2, 0.25) is 0 Å². The second kappa shape index (κ2) is 6.17. The van der Waals surface area contributed by atoms with E-state index in [1.807, 2.05) is 13.8 Å². The molecular weight excluding hydrogens is 284 g/mol. The Morgan fingerprint density at radius 3 is 2.23 bits per heavy atom. The van der Waals surface area contributed by atoms with Crippen molar-refractivity contribution in [3.63, 3.8) is 0 Å². The topological polar surface area (TPSA) is 75.7 Å². The predicted molar refractivity (Wildman–Crippen MR) is 80.9 cm³/mol. The van der Waals surface area contributed by atoms with Crippen LogP contribution in [-0.2, 0) is 4.79 Å². The SMILES string of the molecule is CCC1(CC)NC(=O)N(CC(=O)c2ccc(OC)cc2)C1=O. The third kappa shape index (κ3) is 2.68. The van der Waals surface area contributed by atoms with E-state index in [1.165, 1.54) is 0 Å². The largest absolute Gasteiger partial charge is 0.497 e. The predicted octanol–water partition coefficient (Wildman–Crippen LogP) is 1.99. The van der Waals surface area contributed by atoms with Crippen LogP contribution in [0.5, 0.6) is 5.75 Å². The van der Waals surface area contributed by atoms with Gasteiger partial charge >= 0.3 is 6.03 Å². The smallest absolute Gasteiger partial charge is 0.325 e. The highest BCUT2D eigenvalue weighted by Crippen LogP contribution is 2.25. The standard InChI is InChI=1S/C16H20N2O4/c1-4-16(5-2)14(20)18(15(21)17-16)10-13(19)11-6-8-12(22-3)9-7-11/h6-9H,4-5,10H2,1-3H3,(H,17,21). The maximum Gasteiger partial charge on any atom is 0.325 e. The maximum absolute atomic E-state index is 12.4. The molecule has 22 heavy (non-hydrogen) atoms. The minimum absolute atomic E-state index is 0.251. The van der Waals surface area contributed by atoms with Crippen LogP contribution in [0.1, 0.15) is 37.0 Å². The Balaban J connectivity index is 2.14. The van der Waals surface area contributed by atoms with E-state index >= 15 is 0 Å². The number of hydrogen-bond acceptors (Lipinski definition) is 4. The van der Waals surface area contributed by atoms with Gasteiger partial charge in [0.1, 0.15) is 11.3 Å².